The number of aromatic nitrogens is 5. The molecule has 102 valence electrons. The number of fused-ring (bicyclic) bond motifs is 1. The van der Waals surface area contributed by atoms with E-state index in [9.17, 15) is 9.90 Å². The topological polar surface area (TPSA) is 85.8 Å². The Hall–Kier alpha value is -2.70. The predicted molar refractivity (Wildman–Crippen MR) is 72.1 cm³/mol. The second-order valence-corrected chi connectivity index (χ2v) is 4.63. The van der Waals surface area contributed by atoms with Gasteiger partial charge >= 0.3 is 5.97 Å². The van der Waals surface area contributed by atoms with Crippen LogP contribution in [0.15, 0.2) is 18.5 Å². The third-order valence-corrected chi connectivity index (χ3v) is 3.18. The molecule has 0 atom stereocenters. The summed E-state index contributed by atoms with van der Waals surface area (Å²) in [6.45, 7) is 3.68. The highest BCUT2D eigenvalue weighted by Crippen LogP contribution is 2.26. The molecule has 0 aliphatic heterocycles. The third-order valence-electron chi connectivity index (χ3n) is 3.18. The van der Waals surface area contributed by atoms with Crippen molar-refractivity contribution in [3.63, 3.8) is 0 Å². The van der Waals surface area contributed by atoms with E-state index < -0.39 is 5.97 Å². The zero-order valence-corrected chi connectivity index (χ0v) is 11.3. The monoisotopic (exact) mass is 271 g/mol. The van der Waals surface area contributed by atoms with Gasteiger partial charge in [0.25, 0.3) is 0 Å². The molecule has 0 aromatic carbocycles. The van der Waals surface area contributed by atoms with Gasteiger partial charge in [0.2, 0.25) is 0 Å². The van der Waals surface area contributed by atoms with E-state index in [0.717, 1.165) is 11.4 Å². The zero-order valence-electron chi connectivity index (χ0n) is 11.3. The van der Waals surface area contributed by atoms with E-state index >= 15 is 0 Å². The Labute approximate surface area is 114 Å². The van der Waals surface area contributed by atoms with Gasteiger partial charge in [-0.05, 0) is 19.9 Å². The molecule has 0 saturated carbocycles. The maximum Gasteiger partial charge on any atom is 0.339 e. The standard InChI is InChI=1S/C13H13N5O2/c1-7-4-5-18(15-7)11-9(13(19)20)6-14-12-10(11)8(2)16-17(12)3/h4-6H,1-3H3,(H,19,20). The number of rotatable bonds is 2. The third kappa shape index (κ3) is 1.67. The number of hydrogen-bond donors (Lipinski definition) is 1. The lowest BCUT2D eigenvalue weighted by Gasteiger charge is -2.08. The van der Waals surface area contributed by atoms with Crippen molar-refractivity contribution in [1.82, 2.24) is 24.5 Å². The smallest absolute Gasteiger partial charge is 0.339 e. The van der Waals surface area contributed by atoms with Gasteiger partial charge in [-0.3, -0.25) is 4.68 Å². The highest BCUT2D eigenvalue weighted by molar-refractivity contribution is 6.00. The second-order valence-electron chi connectivity index (χ2n) is 4.63. The van der Waals surface area contributed by atoms with Crippen LogP contribution >= 0.6 is 0 Å². The summed E-state index contributed by atoms with van der Waals surface area (Å²) in [7, 11) is 1.78. The van der Waals surface area contributed by atoms with E-state index in [1.165, 1.54) is 6.20 Å². The average Bonchev–Trinajstić information content (AvgIpc) is 2.93. The number of carboxylic acid groups (broad SMARTS) is 1. The Balaban J connectivity index is 2.47. The van der Waals surface area contributed by atoms with Crippen molar-refractivity contribution in [2.24, 2.45) is 7.05 Å². The van der Waals surface area contributed by atoms with Crippen LogP contribution < -0.4 is 0 Å². The largest absolute Gasteiger partial charge is 0.478 e. The van der Waals surface area contributed by atoms with E-state index in [2.05, 4.69) is 15.2 Å². The first-order valence-electron chi connectivity index (χ1n) is 6.07. The van der Waals surface area contributed by atoms with Crippen molar-refractivity contribution in [2.75, 3.05) is 0 Å². The molecule has 0 aliphatic carbocycles. The van der Waals surface area contributed by atoms with Gasteiger partial charge in [0.15, 0.2) is 5.65 Å². The van der Waals surface area contributed by atoms with Crippen molar-refractivity contribution >= 4 is 17.0 Å². The molecule has 3 rings (SSSR count). The Kier molecular flexibility index (Phi) is 2.56. The van der Waals surface area contributed by atoms with Crippen molar-refractivity contribution in [1.29, 1.82) is 0 Å². The Morgan fingerprint density at radius 2 is 2.05 bits per heavy atom. The summed E-state index contributed by atoms with van der Waals surface area (Å²) in [5, 5.41) is 18.7. The lowest BCUT2D eigenvalue weighted by atomic mass is 10.1. The number of hydrogen-bond acceptors (Lipinski definition) is 4. The van der Waals surface area contributed by atoms with Crippen LogP contribution in [0.1, 0.15) is 21.7 Å². The fourth-order valence-electron chi connectivity index (χ4n) is 2.33. The summed E-state index contributed by atoms with van der Waals surface area (Å²) in [5.74, 6) is -1.04. The lowest BCUT2D eigenvalue weighted by molar-refractivity contribution is 0.0696. The number of aryl methyl sites for hydroxylation is 3. The molecule has 0 spiro atoms. The van der Waals surface area contributed by atoms with Crippen LogP contribution in [0, 0.1) is 13.8 Å². The quantitative estimate of drug-likeness (QED) is 0.762. The van der Waals surface area contributed by atoms with Crippen molar-refractivity contribution in [3.8, 4) is 5.69 Å². The molecule has 3 aromatic heterocycles. The van der Waals surface area contributed by atoms with Gasteiger partial charge in [-0.15, -0.1) is 0 Å². The number of aromatic carboxylic acids is 1. The highest BCUT2D eigenvalue weighted by Gasteiger charge is 2.21. The van der Waals surface area contributed by atoms with Gasteiger partial charge in [0, 0.05) is 19.4 Å². The molecule has 0 amide bonds. The summed E-state index contributed by atoms with van der Waals surface area (Å²) in [5.41, 5.74) is 2.78. The molecule has 7 nitrogen and oxygen atoms in total. The SMILES string of the molecule is Cc1ccn(-c2c(C(=O)O)cnc3c2c(C)nn3C)n1. The van der Waals surface area contributed by atoms with Gasteiger partial charge in [-0.25, -0.2) is 14.5 Å². The molecule has 20 heavy (non-hydrogen) atoms. The molecular formula is C13H13N5O2. The van der Waals surface area contributed by atoms with Crippen molar-refractivity contribution in [3.05, 3.63) is 35.4 Å². The van der Waals surface area contributed by atoms with Crippen LogP contribution in [0.5, 0.6) is 0 Å². The molecular weight excluding hydrogens is 258 g/mol. The summed E-state index contributed by atoms with van der Waals surface area (Å²) >= 11 is 0. The van der Waals surface area contributed by atoms with Crippen LogP contribution in [0.4, 0.5) is 0 Å². The summed E-state index contributed by atoms with van der Waals surface area (Å²) < 4.78 is 3.20. The average molecular weight is 271 g/mol. The maximum absolute atomic E-state index is 11.5. The number of carbonyl (C=O) groups is 1. The molecule has 0 radical (unpaired) electrons. The van der Waals surface area contributed by atoms with Crippen LogP contribution in [0.2, 0.25) is 0 Å². The van der Waals surface area contributed by atoms with Crippen molar-refractivity contribution in [2.45, 2.75) is 13.8 Å². The van der Waals surface area contributed by atoms with E-state index in [1.807, 2.05) is 19.9 Å². The van der Waals surface area contributed by atoms with Crippen LogP contribution in [-0.4, -0.2) is 35.6 Å². The van der Waals surface area contributed by atoms with Crippen molar-refractivity contribution < 1.29 is 9.90 Å². The highest BCUT2D eigenvalue weighted by atomic mass is 16.4. The number of carboxylic acids is 1. The fraction of sp³-hybridized carbons (Fsp3) is 0.231. The Morgan fingerprint density at radius 1 is 1.30 bits per heavy atom. The molecule has 7 heteroatoms. The van der Waals surface area contributed by atoms with E-state index in [-0.39, 0.29) is 5.56 Å². The Bertz CT molecular complexity index is 831. The molecule has 0 saturated heterocycles. The van der Waals surface area contributed by atoms with Gasteiger partial charge in [-0.2, -0.15) is 10.2 Å². The molecule has 0 unspecified atom stereocenters. The molecule has 0 bridgehead atoms. The minimum absolute atomic E-state index is 0.108. The Morgan fingerprint density at radius 3 is 2.65 bits per heavy atom. The van der Waals surface area contributed by atoms with Crippen LogP contribution in [-0.2, 0) is 7.05 Å². The predicted octanol–water partition coefficient (Wildman–Crippen LogP) is 1.47. The molecule has 3 aromatic rings. The molecule has 3 heterocycles. The molecule has 1 N–H and O–H groups in total. The summed E-state index contributed by atoms with van der Waals surface area (Å²) in [4.78, 5) is 15.6. The van der Waals surface area contributed by atoms with E-state index in [4.69, 9.17) is 0 Å². The molecule has 0 fully saturated rings. The number of pyridine rings is 1. The first-order valence-corrected chi connectivity index (χ1v) is 6.07. The van der Waals surface area contributed by atoms with Gasteiger partial charge in [0.1, 0.15) is 5.56 Å². The zero-order chi connectivity index (χ0) is 14.4. The van der Waals surface area contributed by atoms with E-state index in [1.54, 1.807) is 22.6 Å². The first-order chi connectivity index (χ1) is 9.49. The normalized spacial score (nSPS) is 11.2. The summed E-state index contributed by atoms with van der Waals surface area (Å²) in [6, 6.07) is 1.82. The van der Waals surface area contributed by atoms with E-state index in [0.29, 0.717) is 16.7 Å². The molecule has 0 aliphatic rings. The fourth-order valence-corrected chi connectivity index (χ4v) is 2.33. The summed E-state index contributed by atoms with van der Waals surface area (Å²) in [6.07, 6.45) is 3.08. The minimum atomic E-state index is -1.04. The van der Waals surface area contributed by atoms with Gasteiger partial charge in [0.05, 0.1) is 22.5 Å². The lowest BCUT2D eigenvalue weighted by Crippen LogP contribution is -2.08. The van der Waals surface area contributed by atoms with Gasteiger partial charge in [-0.1, -0.05) is 0 Å². The second kappa shape index (κ2) is 4.16. The van der Waals surface area contributed by atoms with Crippen LogP contribution in [0.3, 0.4) is 0 Å². The number of nitrogens with zero attached hydrogens (tertiary/aromatic N) is 5. The maximum atomic E-state index is 11.5. The van der Waals surface area contributed by atoms with Crippen LogP contribution in [0.25, 0.3) is 16.7 Å². The first kappa shape index (κ1) is 12.3. The minimum Gasteiger partial charge on any atom is -0.478 e. The van der Waals surface area contributed by atoms with Gasteiger partial charge < -0.3 is 5.11 Å².